The summed E-state index contributed by atoms with van der Waals surface area (Å²) in [7, 11) is 0. The molecule has 1 amide bonds. The smallest absolute Gasteiger partial charge is 0.350 e. The van der Waals surface area contributed by atoms with Gasteiger partial charge in [-0.1, -0.05) is 30.3 Å². The molecule has 3 N–H and O–H groups in total. The van der Waals surface area contributed by atoms with E-state index in [-0.39, 0.29) is 24.9 Å². The lowest BCUT2D eigenvalue weighted by Gasteiger charge is -2.19. The van der Waals surface area contributed by atoms with Gasteiger partial charge >= 0.3 is 6.18 Å². The Bertz CT molecular complexity index is 722. The average Bonchev–Trinajstić information content (AvgIpc) is 2.51. The molecule has 0 unspecified atom stereocenters. The highest BCUT2D eigenvalue weighted by molar-refractivity contribution is 6.00. The molecule has 0 spiro atoms. The van der Waals surface area contributed by atoms with Crippen molar-refractivity contribution >= 4 is 18.3 Å². The number of nitrogens with one attached hydrogen (secondary N) is 1. The van der Waals surface area contributed by atoms with E-state index in [1.807, 2.05) is 0 Å². The molecule has 0 aliphatic heterocycles. The van der Waals surface area contributed by atoms with Gasteiger partial charge in [0, 0.05) is 17.6 Å². The van der Waals surface area contributed by atoms with E-state index in [2.05, 4.69) is 5.32 Å². The third-order valence-electron chi connectivity index (χ3n) is 3.40. The zero-order valence-electron chi connectivity index (χ0n) is 13.9. The molecule has 0 aliphatic rings. The van der Waals surface area contributed by atoms with Crippen LogP contribution in [0.3, 0.4) is 0 Å². The standard InChI is InChI=1S/C18H19F3N2O.ClH/c1-17(2,22)11-23-16(24)15-6-4-3-5-14(15)12-7-9-13(10-8-12)18(19,20)21;/h3-10H,11,22H2,1-2H3,(H,23,24);1H. The fourth-order valence-electron chi connectivity index (χ4n) is 2.17. The topological polar surface area (TPSA) is 55.1 Å². The fraction of sp³-hybridized carbons (Fsp3) is 0.278. The molecule has 2 aromatic rings. The van der Waals surface area contributed by atoms with Crippen LogP contribution in [0.5, 0.6) is 0 Å². The molecule has 25 heavy (non-hydrogen) atoms. The zero-order valence-corrected chi connectivity index (χ0v) is 14.7. The van der Waals surface area contributed by atoms with Crippen LogP contribution in [-0.2, 0) is 6.18 Å². The van der Waals surface area contributed by atoms with Crippen molar-refractivity contribution in [2.24, 2.45) is 5.73 Å². The van der Waals surface area contributed by atoms with Crippen molar-refractivity contribution in [3.05, 3.63) is 59.7 Å². The molecule has 2 rings (SSSR count). The molecule has 0 fully saturated rings. The minimum atomic E-state index is -4.39. The van der Waals surface area contributed by atoms with Crippen LogP contribution in [0.15, 0.2) is 48.5 Å². The molecule has 3 nitrogen and oxygen atoms in total. The average molecular weight is 373 g/mol. The molecular weight excluding hydrogens is 353 g/mol. The highest BCUT2D eigenvalue weighted by atomic mass is 35.5. The summed E-state index contributed by atoms with van der Waals surface area (Å²) in [4.78, 5) is 12.4. The van der Waals surface area contributed by atoms with Gasteiger partial charge in [0.05, 0.1) is 5.56 Å². The highest BCUT2D eigenvalue weighted by Crippen LogP contribution is 2.31. The summed E-state index contributed by atoms with van der Waals surface area (Å²) in [5, 5.41) is 2.74. The Kier molecular flexibility index (Phi) is 6.62. The number of rotatable bonds is 4. The number of hydrogen-bond donors (Lipinski definition) is 2. The first-order valence-electron chi connectivity index (χ1n) is 7.42. The molecule has 0 atom stereocenters. The third kappa shape index (κ3) is 5.76. The number of carbonyl (C=O) groups is 1. The van der Waals surface area contributed by atoms with Crippen molar-refractivity contribution in [1.82, 2.24) is 5.32 Å². The quantitative estimate of drug-likeness (QED) is 0.842. The molecule has 136 valence electrons. The van der Waals surface area contributed by atoms with E-state index in [1.54, 1.807) is 38.1 Å². The van der Waals surface area contributed by atoms with Gasteiger partial charge in [-0.3, -0.25) is 4.79 Å². The van der Waals surface area contributed by atoms with Crippen LogP contribution in [0.4, 0.5) is 13.2 Å². The summed E-state index contributed by atoms with van der Waals surface area (Å²) in [5.74, 6) is -0.316. The predicted molar refractivity (Wildman–Crippen MR) is 94.7 cm³/mol. The maximum Gasteiger partial charge on any atom is 0.416 e. The summed E-state index contributed by atoms with van der Waals surface area (Å²) in [6.07, 6.45) is -4.39. The van der Waals surface area contributed by atoms with Crippen LogP contribution >= 0.6 is 12.4 Å². The van der Waals surface area contributed by atoms with E-state index in [9.17, 15) is 18.0 Å². The van der Waals surface area contributed by atoms with Gasteiger partial charge in [-0.25, -0.2) is 0 Å². The summed E-state index contributed by atoms with van der Waals surface area (Å²) in [6, 6.07) is 11.5. The SMILES string of the molecule is CC(C)(N)CNC(=O)c1ccccc1-c1ccc(C(F)(F)F)cc1.Cl. The lowest BCUT2D eigenvalue weighted by atomic mass is 9.98. The zero-order chi connectivity index (χ0) is 18.0. The minimum Gasteiger partial charge on any atom is -0.350 e. The largest absolute Gasteiger partial charge is 0.416 e. The van der Waals surface area contributed by atoms with Gasteiger partial charge in [0.15, 0.2) is 0 Å². The van der Waals surface area contributed by atoms with Crippen LogP contribution in [-0.4, -0.2) is 18.0 Å². The number of halogens is 4. The van der Waals surface area contributed by atoms with Crippen molar-refractivity contribution in [1.29, 1.82) is 0 Å². The normalized spacial score (nSPS) is 11.6. The summed E-state index contributed by atoms with van der Waals surface area (Å²) >= 11 is 0. The van der Waals surface area contributed by atoms with E-state index in [0.29, 0.717) is 16.7 Å². The summed E-state index contributed by atoms with van der Waals surface area (Å²) < 4.78 is 38.0. The Labute approximate surface area is 150 Å². The van der Waals surface area contributed by atoms with Crippen molar-refractivity contribution in [2.45, 2.75) is 25.6 Å². The number of hydrogen-bond acceptors (Lipinski definition) is 2. The van der Waals surface area contributed by atoms with E-state index in [1.165, 1.54) is 12.1 Å². The van der Waals surface area contributed by atoms with E-state index >= 15 is 0 Å². The third-order valence-corrected chi connectivity index (χ3v) is 3.40. The van der Waals surface area contributed by atoms with Gasteiger partial charge in [0.1, 0.15) is 0 Å². The second-order valence-corrected chi connectivity index (χ2v) is 6.29. The molecular formula is C18H20ClF3N2O. The van der Waals surface area contributed by atoms with Gasteiger partial charge in [0.25, 0.3) is 5.91 Å². The first-order valence-corrected chi connectivity index (χ1v) is 7.42. The van der Waals surface area contributed by atoms with Crippen LogP contribution in [0.1, 0.15) is 29.8 Å². The molecule has 0 heterocycles. The lowest BCUT2D eigenvalue weighted by Crippen LogP contribution is -2.45. The molecule has 0 aliphatic carbocycles. The molecule has 0 bridgehead atoms. The second-order valence-electron chi connectivity index (χ2n) is 6.29. The maximum absolute atomic E-state index is 12.7. The monoisotopic (exact) mass is 372 g/mol. The fourth-order valence-corrected chi connectivity index (χ4v) is 2.17. The maximum atomic E-state index is 12.7. The van der Waals surface area contributed by atoms with Crippen LogP contribution < -0.4 is 11.1 Å². The first-order chi connectivity index (χ1) is 11.1. The second kappa shape index (κ2) is 7.89. The van der Waals surface area contributed by atoms with Crippen LogP contribution in [0, 0.1) is 0 Å². The highest BCUT2D eigenvalue weighted by Gasteiger charge is 2.30. The Morgan fingerprint density at radius 3 is 2.12 bits per heavy atom. The van der Waals surface area contributed by atoms with Crippen LogP contribution in [0.2, 0.25) is 0 Å². The molecule has 7 heteroatoms. The number of alkyl halides is 3. The van der Waals surface area contributed by atoms with Crippen molar-refractivity contribution < 1.29 is 18.0 Å². The molecule has 0 radical (unpaired) electrons. The summed E-state index contributed by atoms with van der Waals surface area (Å²) in [6.45, 7) is 3.86. The molecule has 0 saturated heterocycles. The first kappa shape index (κ1) is 21.0. The molecule has 0 aromatic heterocycles. The van der Waals surface area contributed by atoms with E-state index in [0.717, 1.165) is 12.1 Å². The van der Waals surface area contributed by atoms with Crippen LogP contribution in [0.25, 0.3) is 11.1 Å². The van der Waals surface area contributed by atoms with Gasteiger partial charge in [0.2, 0.25) is 0 Å². The lowest BCUT2D eigenvalue weighted by molar-refractivity contribution is -0.137. The van der Waals surface area contributed by atoms with E-state index < -0.39 is 17.3 Å². The Hall–Kier alpha value is -2.05. The van der Waals surface area contributed by atoms with E-state index in [4.69, 9.17) is 5.73 Å². The Morgan fingerprint density at radius 1 is 1.04 bits per heavy atom. The Morgan fingerprint density at radius 2 is 1.60 bits per heavy atom. The number of benzene rings is 2. The minimum absolute atomic E-state index is 0. The molecule has 0 saturated carbocycles. The van der Waals surface area contributed by atoms with Gasteiger partial charge in [-0.05, 0) is 43.2 Å². The number of nitrogens with two attached hydrogens (primary N) is 1. The number of carbonyl (C=O) groups excluding carboxylic acids is 1. The number of amides is 1. The summed E-state index contributed by atoms with van der Waals surface area (Å²) in [5.41, 5.74) is 6.07. The molecule has 2 aromatic carbocycles. The van der Waals surface area contributed by atoms with Crippen molar-refractivity contribution in [3.8, 4) is 11.1 Å². The van der Waals surface area contributed by atoms with Gasteiger partial charge in [-0.2, -0.15) is 13.2 Å². The Balaban J connectivity index is 0.00000312. The van der Waals surface area contributed by atoms with Crippen molar-refractivity contribution in [3.63, 3.8) is 0 Å². The van der Waals surface area contributed by atoms with Crippen molar-refractivity contribution in [2.75, 3.05) is 6.54 Å². The predicted octanol–water partition coefficient (Wildman–Crippen LogP) is 4.26. The van der Waals surface area contributed by atoms with Gasteiger partial charge in [-0.15, -0.1) is 12.4 Å². The van der Waals surface area contributed by atoms with Gasteiger partial charge < -0.3 is 11.1 Å².